The second-order valence-corrected chi connectivity index (χ2v) is 14.3. The molecule has 0 aromatic carbocycles. The lowest BCUT2D eigenvalue weighted by molar-refractivity contribution is -0.0753. The molecule has 0 amide bonds. The molecule has 0 radical (unpaired) electrons. The van der Waals surface area contributed by atoms with E-state index in [4.69, 9.17) is 4.74 Å². The number of rotatable bonds is 7. The van der Waals surface area contributed by atoms with Crippen molar-refractivity contribution in [3.8, 4) is 0 Å². The van der Waals surface area contributed by atoms with Crippen molar-refractivity contribution in [1.29, 1.82) is 0 Å². The molecule has 3 fully saturated rings. The summed E-state index contributed by atoms with van der Waals surface area (Å²) in [5, 5.41) is 20.3. The van der Waals surface area contributed by atoms with Gasteiger partial charge in [0.1, 0.15) is 0 Å². The predicted molar refractivity (Wildman–Crippen MR) is 136 cm³/mol. The second kappa shape index (κ2) is 8.93. The normalized spacial score (nSPS) is 42.2. The van der Waals surface area contributed by atoms with Crippen LogP contribution in [0.4, 0.5) is 0 Å². The van der Waals surface area contributed by atoms with Gasteiger partial charge in [-0.1, -0.05) is 32.4 Å². The Labute approximate surface area is 203 Å². The molecule has 0 aliphatic heterocycles. The van der Waals surface area contributed by atoms with Crippen LogP contribution in [0, 0.1) is 40.4 Å². The molecule has 4 aliphatic rings. The minimum atomic E-state index is -0.756. The molecule has 8 atom stereocenters. The molecule has 3 heteroatoms. The Morgan fingerprint density at radius 2 is 1.70 bits per heavy atom. The van der Waals surface area contributed by atoms with Crippen LogP contribution in [-0.4, -0.2) is 34.1 Å². The topological polar surface area (TPSA) is 49.7 Å². The maximum Gasteiger partial charge on any atom is 0.0824 e. The predicted octanol–water partition coefficient (Wildman–Crippen LogP) is 6.91. The summed E-state index contributed by atoms with van der Waals surface area (Å²) in [5.74, 6) is 4.12. The number of ether oxygens (including phenoxy) is 1. The van der Waals surface area contributed by atoms with Crippen LogP contribution >= 0.6 is 0 Å². The first-order chi connectivity index (χ1) is 15.2. The number of hydrogen-bond acceptors (Lipinski definition) is 3. The molecule has 0 bridgehead atoms. The zero-order chi connectivity index (χ0) is 24.2. The lowest BCUT2D eigenvalue weighted by atomic mass is 9.46. The zero-order valence-corrected chi connectivity index (χ0v) is 22.6. The fourth-order valence-electron chi connectivity index (χ4n) is 8.90. The monoisotopic (exact) mass is 460 g/mol. The molecule has 0 aromatic rings. The smallest absolute Gasteiger partial charge is 0.0824 e. The maximum absolute atomic E-state index is 10.3. The van der Waals surface area contributed by atoms with Crippen molar-refractivity contribution in [3.63, 3.8) is 0 Å². The first-order valence-corrected chi connectivity index (χ1v) is 14.0. The highest BCUT2D eigenvalue weighted by Gasteiger charge is 2.59. The third-order valence-corrected chi connectivity index (χ3v) is 10.7. The molecule has 190 valence electrons. The molecule has 0 aromatic heterocycles. The van der Waals surface area contributed by atoms with E-state index < -0.39 is 11.2 Å². The third-order valence-electron chi connectivity index (χ3n) is 10.7. The van der Waals surface area contributed by atoms with Gasteiger partial charge in [0.25, 0.3) is 0 Å². The van der Waals surface area contributed by atoms with Crippen LogP contribution in [0.2, 0.25) is 0 Å². The van der Waals surface area contributed by atoms with Crippen molar-refractivity contribution in [2.75, 3.05) is 6.61 Å². The molecule has 3 nitrogen and oxygen atoms in total. The molecule has 4 rings (SSSR count). The van der Waals surface area contributed by atoms with Crippen molar-refractivity contribution < 1.29 is 14.9 Å². The van der Waals surface area contributed by atoms with Gasteiger partial charge in [-0.3, -0.25) is 0 Å². The van der Waals surface area contributed by atoms with Crippen molar-refractivity contribution in [1.82, 2.24) is 0 Å². The zero-order valence-electron chi connectivity index (χ0n) is 22.6. The quantitative estimate of drug-likeness (QED) is 0.406. The largest absolute Gasteiger partial charge is 0.390 e. The van der Waals surface area contributed by atoms with Crippen molar-refractivity contribution in [2.45, 2.75) is 130 Å². The summed E-state index contributed by atoms with van der Waals surface area (Å²) in [4.78, 5) is 0. The lowest BCUT2D eigenvalue weighted by Crippen LogP contribution is -2.51. The van der Waals surface area contributed by atoms with Crippen LogP contribution in [0.1, 0.15) is 113 Å². The fourth-order valence-corrected chi connectivity index (χ4v) is 8.90. The van der Waals surface area contributed by atoms with Crippen LogP contribution in [0.15, 0.2) is 11.6 Å². The Bertz CT molecular complexity index is 728. The molecular weight excluding hydrogens is 408 g/mol. The standard InChI is InChI=1S/C30H52O3/c1-20(12-15-27(2,3)31)24-10-11-25-23-9-8-21-18-22(33-19-28(4,5)32)13-16-29(21,6)26(23)14-17-30(24,25)7/h18,20,22-26,31-32H,8-17,19H2,1-7H3/t20-,22+,23+,24-,25+,26+,29+,30-/m1/s1. The van der Waals surface area contributed by atoms with Gasteiger partial charge in [-0.25, -0.2) is 0 Å². The summed E-state index contributed by atoms with van der Waals surface area (Å²) in [6, 6.07) is 0. The maximum atomic E-state index is 10.3. The van der Waals surface area contributed by atoms with E-state index in [1.54, 1.807) is 5.57 Å². The Balaban J connectivity index is 1.46. The van der Waals surface area contributed by atoms with E-state index in [-0.39, 0.29) is 6.10 Å². The van der Waals surface area contributed by atoms with Crippen molar-refractivity contribution >= 4 is 0 Å². The minimum Gasteiger partial charge on any atom is -0.390 e. The molecule has 0 heterocycles. The molecule has 33 heavy (non-hydrogen) atoms. The molecule has 0 unspecified atom stereocenters. The fraction of sp³-hybridized carbons (Fsp3) is 0.933. The second-order valence-electron chi connectivity index (χ2n) is 14.3. The van der Waals surface area contributed by atoms with Crippen molar-refractivity contribution in [2.24, 2.45) is 40.4 Å². The van der Waals surface area contributed by atoms with E-state index in [1.807, 2.05) is 27.7 Å². The van der Waals surface area contributed by atoms with Gasteiger partial charge in [0.2, 0.25) is 0 Å². The highest BCUT2D eigenvalue weighted by Crippen LogP contribution is 2.67. The highest BCUT2D eigenvalue weighted by atomic mass is 16.5. The highest BCUT2D eigenvalue weighted by molar-refractivity contribution is 5.25. The van der Waals surface area contributed by atoms with Crippen LogP contribution in [0.25, 0.3) is 0 Å². The Morgan fingerprint density at radius 1 is 0.970 bits per heavy atom. The van der Waals surface area contributed by atoms with Crippen LogP contribution in [0.5, 0.6) is 0 Å². The van der Waals surface area contributed by atoms with Crippen molar-refractivity contribution in [3.05, 3.63) is 11.6 Å². The first-order valence-electron chi connectivity index (χ1n) is 14.0. The number of fused-ring (bicyclic) bond motifs is 5. The number of allylic oxidation sites excluding steroid dienone is 1. The Morgan fingerprint density at radius 3 is 2.36 bits per heavy atom. The van der Waals surface area contributed by atoms with Gasteiger partial charge in [-0.05, 0) is 132 Å². The van der Waals surface area contributed by atoms with Crippen LogP contribution in [0.3, 0.4) is 0 Å². The summed E-state index contributed by atoms with van der Waals surface area (Å²) in [7, 11) is 0. The minimum absolute atomic E-state index is 0.178. The molecule has 0 spiro atoms. The van der Waals surface area contributed by atoms with Crippen LogP contribution < -0.4 is 0 Å². The van der Waals surface area contributed by atoms with Gasteiger partial charge < -0.3 is 14.9 Å². The molecule has 0 saturated heterocycles. The molecule has 3 saturated carbocycles. The first kappa shape index (κ1) is 25.7. The summed E-state index contributed by atoms with van der Waals surface area (Å²) < 4.78 is 6.11. The average Bonchev–Trinajstić information content (AvgIpc) is 3.06. The van der Waals surface area contributed by atoms with Gasteiger partial charge in [0.15, 0.2) is 0 Å². The van der Waals surface area contributed by atoms with Gasteiger partial charge in [0.05, 0.1) is 23.9 Å². The number of hydrogen-bond donors (Lipinski definition) is 2. The van der Waals surface area contributed by atoms with Gasteiger partial charge >= 0.3 is 0 Å². The van der Waals surface area contributed by atoms with Gasteiger partial charge in [0, 0.05) is 0 Å². The van der Waals surface area contributed by atoms with Gasteiger partial charge in [-0.2, -0.15) is 0 Å². The van der Waals surface area contributed by atoms with Gasteiger partial charge in [-0.15, -0.1) is 0 Å². The molecule has 2 N–H and O–H groups in total. The summed E-state index contributed by atoms with van der Waals surface area (Å²) in [5.41, 5.74) is 1.20. The SMILES string of the molecule is C[C@H](CCC(C)(C)O)[C@H]1CC[C@H]2[C@@H]3CCC4=C[C@@H](OCC(C)(C)O)CC[C@]4(C)[C@H]3CC[C@]12C. The van der Waals surface area contributed by atoms with E-state index in [0.29, 0.717) is 23.4 Å². The molecule has 4 aliphatic carbocycles. The Kier molecular flexibility index (Phi) is 6.96. The van der Waals surface area contributed by atoms with E-state index in [2.05, 4.69) is 26.8 Å². The van der Waals surface area contributed by atoms with Crippen LogP contribution in [-0.2, 0) is 4.74 Å². The summed E-state index contributed by atoms with van der Waals surface area (Å²) in [6.07, 6.45) is 15.2. The average molecular weight is 461 g/mol. The van der Waals surface area contributed by atoms with E-state index >= 15 is 0 Å². The Hall–Kier alpha value is -0.380. The van der Waals surface area contributed by atoms with E-state index in [9.17, 15) is 10.2 Å². The third kappa shape index (κ3) is 5.12. The van der Waals surface area contributed by atoms with E-state index in [0.717, 1.165) is 42.9 Å². The summed E-state index contributed by atoms with van der Waals surface area (Å²) in [6.45, 7) is 15.7. The number of aliphatic hydroxyl groups is 2. The molecular formula is C30H52O3. The van der Waals surface area contributed by atoms with E-state index in [1.165, 1.54) is 44.9 Å². The lowest BCUT2D eigenvalue weighted by Gasteiger charge is -2.59. The summed E-state index contributed by atoms with van der Waals surface area (Å²) >= 11 is 0.